The van der Waals surface area contributed by atoms with Crippen molar-refractivity contribution in [1.82, 2.24) is 4.90 Å². The number of nitrogens with zero attached hydrogens (tertiary/aromatic N) is 2. The van der Waals surface area contributed by atoms with Crippen LogP contribution in [-0.2, 0) is 0 Å². The summed E-state index contributed by atoms with van der Waals surface area (Å²) in [6.45, 7) is 3.57. The summed E-state index contributed by atoms with van der Waals surface area (Å²) in [5.74, 6) is 1.27. The van der Waals surface area contributed by atoms with Gasteiger partial charge in [0, 0.05) is 43.6 Å². The minimum Gasteiger partial charge on any atom is -0.454 e. The topological polar surface area (TPSA) is 37.0 Å². The van der Waals surface area contributed by atoms with Crippen LogP contribution >= 0.6 is 12.2 Å². The van der Waals surface area contributed by atoms with E-state index in [4.69, 9.17) is 21.7 Å². The molecule has 130 valence electrons. The van der Waals surface area contributed by atoms with Crippen molar-refractivity contribution in [2.75, 3.05) is 43.2 Å². The predicted octanol–water partition coefficient (Wildman–Crippen LogP) is 3.07. The summed E-state index contributed by atoms with van der Waals surface area (Å²) >= 11 is 5.53. The molecular weight excluding hydrogens is 341 g/mol. The van der Waals surface area contributed by atoms with Gasteiger partial charge in [0.15, 0.2) is 16.6 Å². The second-order valence-corrected chi connectivity index (χ2v) is 6.34. The minimum atomic E-state index is -0.212. The highest BCUT2D eigenvalue weighted by atomic mass is 32.1. The first-order chi connectivity index (χ1) is 12.2. The number of fused-ring (bicyclic) bond motifs is 1. The van der Waals surface area contributed by atoms with Gasteiger partial charge >= 0.3 is 0 Å². The van der Waals surface area contributed by atoms with Crippen molar-refractivity contribution in [3.8, 4) is 11.5 Å². The third kappa shape index (κ3) is 3.46. The lowest BCUT2D eigenvalue weighted by Crippen LogP contribution is -2.50. The van der Waals surface area contributed by atoms with Gasteiger partial charge in [-0.1, -0.05) is 0 Å². The zero-order valence-electron chi connectivity index (χ0n) is 13.6. The standard InChI is InChI=1S/C18H18FN3O2S/c19-13-1-4-15(5-2-13)21-7-9-22(10-8-21)18(25)20-14-3-6-16-17(11-14)24-12-23-16/h1-6,11H,7-10,12H2,(H,20,25). The van der Waals surface area contributed by atoms with Gasteiger partial charge in [-0.25, -0.2) is 4.39 Å². The van der Waals surface area contributed by atoms with Gasteiger partial charge in [-0.15, -0.1) is 0 Å². The normalized spacial score (nSPS) is 16.0. The molecule has 25 heavy (non-hydrogen) atoms. The highest BCUT2D eigenvalue weighted by molar-refractivity contribution is 7.80. The Kier molecular flexibility index (Phi) is 4.31. The Labute approximate surface area is 150 Å². The Morgan fingerprint density at radius 3 is 2.44 bits per heavy atom. The van der Waals surface area contributed by atoms with Crippen molar-refractivity contribution < 1.29 is 13.9 Å². The largest absolute Gasteiger partial charge is 0.454 e. The third-order valence-corrected chi connectivity index (χ3v) is 4.74. The van der Waals surface area contributed by atoms with Crippen LogP contribution in [0.3, 0.4) is 0 Å². The molecule has 5 nitrogen and oxygen atoms in total. The van der Waals surface area contributed by atoms with Gasteiger partial charge in [0.1, 0.15) is 5.82 Å². The molecule has 0 amide bonds. The Bertz CT molecular complexity index is 776. The molecule has 0 aliphatic carbocycles. The molecule has 0 radical (unpaired) electrons. The molecule has 7 heteroatoms. The van der Waals surface area contributed by atoms with E-state index < -0.39 is 0 Å². The summed E-state index contributed by atoms with van der Waals surface area (Å²) in [5, 5.41) is 3.95. The van der Waals surface area contributed by atoms with Gasteiger partial charge in [0.05, 0.1) is 0 Å². The lowest BCUT2D eigenvalue weighted by molar-refractivity contribution is 0.174. The quantitative estimate of drug-likeness (QED) is 0.831. The summed E-state index contributed by atoms with van der Waals surface area (Å²) in [6.07, 6.45) is 0. The Morgan fingerprint density at radius 1 is 0.960 bits per heavy atom. The summed E-state index contributed by atoms with van der Waals surface area (Å²) in [6, 6.07) is 12.3. The van der Waals surface area contributed by atoms with Gasteiger partial charge in [-0.05, 0) is 48.6 Å². The second kappa shape index (κ2) is 6.76. The van der Waals surface area contributed by atoms with Crippen molar-refractivity contribution in [3.05, 3.63) is 48.3 Å². The van der Waals surface area contributed by atoms with E-state index in [2.05, 4.69) is 15.1 Å². The van der Waals surface area contributed by atoms with Crippen LogP contribution in [0, 0.1) is 5.82 Å². The van der Waals surface area contributed by atoms with E-state index in [1.807, 2.05) is 30.3 Å². The summed E-state index contributed by atoms with van der Waals surface area (Å²) in [4.78, 5) is 4.37. The van der Waals surface area contributed by atoms with E-state index >= 15 is 0 Å². The maximum Gasteiger partial charge on any atom is 0.231 e. The van der Waals surface area contributed by atoms with Crippen LogP contribution in [0.15, 0.2) is 42.5 Å². The highest BCUT2D eigenvalue weighted by Gasteiger charge is 2.20. The molecule has 2 aliphatic heterocycles. The van der Waals surface area contributed by atoms with Gasteiger partial charge in [-0.2, -0.15) is 0 Å². The first kappa shape index (κ1) is 16.0. The molecule has 1 N–H and O–H groups in total. The fraction of sp³-hybridized carbons (Fsp3) is 0.278. The lowest BCUT2D eigenvalue weighted by atomic mass is 10.2. The maximum atomic E-state index is 13.0. The molecule has 1 fully saturated rings. The number of halogens is 1. The van der Waals surface area contributed by atoms with Crippen LogP contribution in [0.1, 0.15) is 0 Å². The Hall–Kier alpha value is -2.54. The zero-order chi connectivity index (χ0) is 17.2. The van der Waals surface area contributed by atoms with Crippen molar-refractivity contribution >= 4 is 28.7 Å². The van der Waals surface area contributed by atoms with E-state index in [1.165, 1.54) is 12.1 Å². The van der Waals surface area contributed by atoms with Crippen LogP contribution < -0.4 is 19.7 Å². The zero-order valence-corrected chi connectivity index (χ0v) is 14.4. The van der Waals surface area contributed by atoms with Crippen molar-refractivity contribution in [3.63, 3.8) is 0 Å². The van der Waals surface area contributed by atoms with E-state index in [9.17, 15) is 4.39 Å². The fourth-order valence-electron chi connectivity index (χ4n) is 3.00. The molecule has 0 aromatic heterocycles. The van der Waals surface area contributed by atoms with Gasteiger partial charge in [0.25, 0.3) is 0 Å². The van der Waals surface area contributed by atoms with E-state index in [0.29, 0.717) is 5.11 Å². The Morgan fingerprint density at radius 2 is 1.68 bits per heavy atom. The maximum absolute atomic E-state index is 13.0. The van der Waals surface area contributed by atoms with E-state index in [0.717, 1.165) is 49.1 Å². The average Bonchev–Trinajstić information content (AvgIpc) is 3.10. The van der Waals surface area contributed by atoms with Gasteiger partial charge < -0.3 is 24.6 Å². The van der Waals surface area contributed by atoms with Crippen LogP contribution in [0.2, 0.25) is 0 Å². The predicted molar refractivity (Wildman–Crippen MR) is 99.0 cm³/mol. The highest BCUT2D eigenvalue weighted by Crippen LogP contribution is 2.34. The number of piperazine rings is 1. The molecule has 0 bridgehead atoms. The smallest absolute Gasteiger partial charge is 0.231 e. The summed E-state index contributed by atoms with van der Waals surface area (Å²) in [5.41, 5.74) is 1.92. The molecule has 0 saturated carbocycles. The molecule has 2 heterocycles. The molecule has 2 aromatic carbocycles. The number of benzene rings is 2. The number of nitrogens with one attached hydrogen (secondary N) is 1. The Balaban J connectivity index is 1.34. The molecule has 1 saturated heterocycles. The first-order valence-electron chi connectivity index (χ1n) is 8.15. The van der Waals surface area contributed by atoms with E-state index in [-0.39, 0.29) is 12.6 Å². The van der Waals surface area contributed by atoms with E-state index in [1.54, 1.807) is 0 Å². The van der Waals surface area contributed by atoms with Gasteiger partial charge in [0.2, 0.25) is 6.79 Å². The molecule has 0 unspecified atom stereocenters. The molecule has 2 aliphatic rings. The number of hydrogen-bond donors (Lipinski definition) is 1. The summed E-state index contributed by atoms with van der Waals surface area (Å²) < 4.78 is 23.7. The first-order valence-corrected chi connectivity index (χ1v) is 8.56. The fourth-order valence-corrected chi connectivity index (χ4v) is 3.30. The van der Waals surface area contributed by atoms with Gasteiger partial charge in [-0.3, -0.25) is 0 Å². The lowest BCUT2D eigenvalue weighted by Gasteiger charge is -2.37. The second-order valence-electron chi connectivity index (χ2n) is 5.95. The SMILES string of the molecule is Fc1ccc(N2CCN(C(=S)Nc3ccc4c(c3)OCO4)CC2)cc1. The molecular formula is C18H18FN3O2S. The van der Waals surface area contributed by atoms with Crippen LogP contribution in [0.4, 0.5) is 15.8 Å². The van der Waals surface area contributed by atoms with Crippen molar-refractivity contribution in [2.24, 2.45) is 0 Å². The van der Waals surface area contributed by atoms with Crippen molar-refractivity contribution in [2.45, 2.75) is 0 Å². The third-order valence-electron chi connectivity index (χ3n) is 4.38. The van der Waals surface area contributed by atoms with Crippen LogP contribution in [-0.4, -0.2) is 43.0 Å². The number of ether oxygens (including phenoxy) is 2. The van der Waals surface area contributed by atoms with Crippen LogP contribution in [0.25, 0.3) is 0 Å². The monoisotopic (exact) mass is 359 g/mol. The molecule has 4 rings (SSSR count). The number of hydrogen-bond acceptors (Lipinski definition) is 4. The van der Waals surface area contributed by atoms with Crippen LogP contribution in [0.5, 0.6) is 11.5 Å². The summed E-state index contributed by atoms with van der Waals surface area (Å²) in [7, 11) is 0. The number of rotatable bonds is 2. The number of thiocarbonyl (C=S) groups is 1. The molecule has 2 aromatic rings. The average molecular weight is 359 g/mol. The minimum absolute atomic E-state index is 0.212. The van der Waals surface area contributed by atoms with Crippen molar-refractivity contribution in [1.29, 1.82) is 0 Å². The molecule has 0 atom stereocenters. The number of anilines is 2. The molecule has 0 spiro atoms.